The molecule has 3 aromatic rings. The Labute approximate surface area is 173 Å². The predicted octanol–water partition coefficient (Wildman–Crippen LogP) is 3.58. The number of methoxy groups -OCH3 is 2. The van der Waals surface area contributed by atoms with Gasteiger partial charge in [-0.05, 0) is 24.6 Å². The van der Waals surface area contributed by atoms with E-state index in [0.29, 0.717) is 60.1 Å². The van der Waals surface area contributed by atoms with Gasteiger partial charge in [-0.2, -0.15) is 10.2 Å². The maximum absolute atomic E-state index is 14.3. The van der Waals surface area contributed by atoms with Gasteiger partial charge in [-0.15, -0.1) is 0 Å². The molecule has 0 amide bonds. The highest BCUT2D eigenvalue weighted by molar-refractivity contribution is 5.94. The van der Waals surface area contributed by atoms with Gasteiger partial charge in [-0.1, -0.05) is 0 Å². The molecule has 0 aliphatic carbocycles. The SMILES string of the molecule is COCCOCCOc1cc2nncc(Nc3cc(O)c(C)cc3F)c2cc1OC. The van der Waals surface area contributed by atoms with Crippen LogP contribution in [0.5, 0.6) is 17.2 Å². The van der Waals surface area contributed by atoms with Crippen molar-refractivity contribution in [1.29, 1.82) is 0 Å². The maximum atomic E-state index is 14.3. The fourth-order valence-corrected chi connectivity index (χ4v) is 2.79. The molecule has 0 aliphatic heterocycles. The summed E-state index contributed by atoms with van der Waals surface area (Å²) in [6.45, 7) is 3.35. The molecule has 0 fully saturated rings. The molecule has 0 radical (unpaired) electrons. The first kappa shape index (κ1) is 21.5. The van der Waals surface area contributed by atoms with Crippen molar-refractivity contribution in [2.24, 2.45) is 0 Å². The number of fused-ring (bicyclic) bond motifs is 1. The number of aromatic hydroxyl groups is 1. The van der Waals surface area contributed by atoms with E-state index in [2.05, 4.69) is 15.5 Å². The van der Waals surface area contributed by atoms with Crippen LogP contribution in [0.2, 0.25) is 0 Å². The van der Waals surface area contributed by atoms with Crippen LogP contribution in [0.25, 0.3) is 10.9 Å². The van der Waals surface area contributed by atoms with Crippen molar-refractivity contribution < 1.29 is 28.4 Å². The quantitative estimate of drug-likeness (QED) is 0.484. The lowest BCUT2D eigenvalue weighted by Crippen LogP contribution is -2.10. The van der Waals surface area contributed by atoms with Crippen LogP contribution in [-0.4, -0.2) is 56.0 Å². The van der Waals surface area contributed by atoms with Gasteiger partial charge in [-0.25, -0.2) is 4.39 Å². The van der Waals surface area contributed by atoms with E-state index in [1.807, 2.05) is 0 Å². The van der Waals surface area contributed by atoms with Crippen LogP contribution in [0, 0.1) is 12.7 Å². The van der Waals surface area contributed by atoms with E-state index >= 15 is 0 Å². The van der Waals surface area contributed by atoms with Gasteiger partial charge in [0, 0.05) is 24.6 Å². The first-order chi connectivity index (χ1) is 14.5. The van der Waals surface area contributed by atoms with Crippen LogP contribution in [0.3, 0.4) is 0 Å². The Hall–Kier alpha value is -3.17. The summed E-state index contributed by atoms with van der Waals surface area (Å²) < 4.78 is 35.8. The maximum Gasteiger partial charge on any atom is 0.163 e. The van der Waals surface area contributed by atoms with Gasteiger partial charge in [0.05, 0.1) is 50.0 Å². The molecule has 0 atom stereocenters. The summed E-state index contributed by atoms with van der Waals surface area (Å²) in [5.41, 5.74) is 1.62. The molecule has 0 aliphatic rings. The zero-order chi connectivity index (χ0) is 21.5. The van der Waals surface area contributed by atoms with Crippen LogP contribution in [0.1, 0.15) is 5.56 Å². The lowest BCUT2D eigenvalue weighted by molar-refractivity contribution is 0.0540. The molecular formula is C21H24FN3O5. The molecule has 8 nitrogen and oxygen atoms in total. The van der Waals surface area contributed by atoms with Crippen LogP contribution in [0.4, 0.5) is 15.8 Å². The van der Waals surface area contributed by atoms with Crippen molar-refractivity contribution in [1.82, 2.24) is 10.2 Å². The molecule has 1 heterocycles. The summed E-state index contributed by atoms with van der Waals surface area (Å²) >= 11 is 0. The minimum Gasteiger partial charge on any atom is -0.508 e. The highest BCUT2D eigenvalue weighted by atomic mass is 19.1. The van der Waals surface area contributed by atoms with Crippen LogP contribution >= 0.6 is 0 Å². The number of nitrogens with zero attached hydrogens (tertiary/aromatic N) is 2. The summed E-state index contributed by atoms with van der Waals surface area (Å²) in [7, 11) is 3.14. The van der Waals surface area contributed by atoms with E-state index in [9.17, 15) is 9.50 Å². The number of rotatable bonds is 10. The number of aryl methyl sites for hydroxylation is 1. The van der Waals surface area contributed by atoms with Crippen molar-refractivity contribution in [3.8, 4) is 17.2 Å². The molecule has 1 aromatic heterocycles. The molecule has 160 valence electrons. The molecule has 0 saturated carbocycles. The molecule has 2 N–H and O–H groups in total. The van der Waals surface area contributed by atoms with Crippen LogP contribution in [0.15, 0.2) is 30.5 Å². The second-order valence-corrected chi connectivity index (χ2v) is 6.48. The van der Waals surface area contributed by atoms with Gasteiger partial charge in [-0.3, -0.25) is 0 Å². The number of ether oxygens (including phenoxy) is 4. The standard InChI is InChI=1S/C21H24FN3O5/c1-13-8-15(22)17(10-19(13)26)24-18-12-23-25-16-11-21(20(28-3)9-14(16)18)30-7-6-29-5-4-27-2/h8-12,26H,4-7H2,1-3H3,(H,24,25). The van der Waals surface area contributed by atoms with Crippen molar-refractivity contribution in [3.05, 3.63) is 41.8 Å². The number of benzene rings is 2. The minimum atomic E-state index is -0.490. The molecule has 0 saturated heterocycles. The number of hydrogen-bond acceptors (Lipinski definition) is 8. The fourth-order valence-electron chi connectivity index (χ4n) is 2.79. The van der Waals surface area contributed by atoms with E-state index in [4.69, 9.17) is 18.9 Å². The first-order valence-corrected chi connectivity index (χ1v) is 9.32. The molecular weight excluding hydrogens is 393 g/mol. The van der Waals surface area contributed by atoms with E-state index in [1.165, 1.54) is 25.4 Å². The first-order valence-electron chi connectivity index (χ1n) is 9.32. The highest BCUT2D eigenvalue weighted by Crippen LogP contribution is 2.36. The van der Waals surface area contributed by atoms with Gasteiger partial charge in [0.15, 0.2) is 11.5 Å². The smallest absolute Gasteiger partial charge is 0.163 e. The second kappa shape index (κ2) is 10.0. The van der Waals surface area contributed by atoms with Gasteiger partial charge in [0.25, 0.3) is 0 Å². The van der Waals surface area contributed by atoms with Crippen molar-refractivity contribution >= 4 is 22.3 Å². The second-order valence-electron chi connectivity index (χ2n) is 6.48. The topological polar surface area (TPSA) is 95.0 Å². The number of phenols is 1. The summed E-state index contributed by atoms with van der Waals surface area (Å²) in [5, 5.41) is 21.6. The summed E-state index contributed by atoms with van der Waals surface area (Å²) in [6.07, 6.45) is 1.47. The number of hydrogen-bond donors (Lipinski definition) is 2. The summed E-state index contributed by atoms with van der Waals surface area (Å²) in [5.74, 6) is 0.482. The molecule has 3 rings (SSSR count). The number of anilines is 2. The third kappa shape index (κ3) is 5.05. The van der Waals surface area contributed by atoms with Crippen molar-refractivity contribution in [2.45, 2.75) is 6.92 Å². The monoisotopic (exact) mass is 417 g/mol. The Morgan fingerprint density at radius 1 is 1.00 bits per heavy atom. The van der Waals surface area contributed by atoms with Crippen LogP contribution in [-0.2, 0) is 9.47 Å². The lowest BCUT2D eigenvalue weighted by Gasteiger charge is -2.14. The van der Waals surface area contributed by atoms with Crippen LogP contribution < -0.4 is 14.8 Å². The molecule has 0 bridgehead atoms. The van der Waals surface area contributed by atoms with Crippen molar-refractivity contribution in [2.75, 3.05) is 46.0 Å². The highest BCUT2D eigenvalue weighted by Gasteiger charge is 2.14. The average molecular weight is 417 g/mol. The van der Waals surface area contributed by atoms with Gasteiger partial charge >= 0.3 is 0 Å². The number of halogens is 1. The fraction of sp³-hybridized carbons (Fsp3) is 0.333. The zero-order valence-electron chi connectivity index (χ0n) is 17.1. The van der Waals surface area contributed by atoms with Gasteiger partial charge in [0.2, 0.25) is 0 Å². The van der Waals surface area contributed by atoms with Gasteiger partial charge in [0.1, 0.15) is 18.2 Å². The summed E-state index contributed by atoms with van der Waals surface area (Å²) in [6, 6.07) is 6.02. The molecule has 9 heteroatoms. The molecule has 2 aromatic carbocycles. The average Bonchev–Trinajstić information content (AvgIpc) is 2.74. The molecule has 30 heavy (non-hydrogen) atoms. The van der Waals surface area contributed by atoms with Crippen molar-refractivity contribution in [3.63, 3.8) is 0 Å². The Bertz CT molecular complexity index is 1020. The third-order valence-corrected chi connectivity index (χ3v) is 4.40. The minimum absolute atomic E-state index is 0.00814. The lowest BCUT2D eigenvalue weighted by atomic mass is 10.1. The number of nitrogens with one attached hydrogen (secondary N) is 1. The zero-order valence-corrected chi connectivity index (χ0v) is 17.1. The van der Waals surface area contributed by atoms with E-state index < -0.39 is 5.82 Å². The Morgan fingerprint density at radius 2 is 1.80 bits per heavy atom. The van der Waals surface area contributed by atoms with Gasteiger partial charge < -0.3 is 29.4 Å². The Kier molecular flexibility index (Phi) is 7.21. The van der Waals surface area contributed by atoms with E-state index in [0.717, 1.165) is 0 Å². The number of aromatic nitrogens is 2. The Morgan fingerprint density at radius 3 is 2.57 bits per heavy atom. The van der Waals surface area contributed by atoms with E-state index in [-0.39, 0.29) is 11.4 Å². The molecule has 0 unspecified atom stereocenters. The third-order valence-electron chi connectivity index (χ3n) is 4.40. The molecule has 0 spiro atoms. The Balaban J connectivity index is 1.83. The van der Waals surface area contributed by atoms with E-state index in [1.54, 1.807) is 26.2 Å². The number of phenolic OH excluding ortho intramolecular Hbond substituents is 1. The normalized spacial score (nSPS) is 10.9. The largest absolute Gasteiger partial charge is 0.508 e. The predicted molar refractivity (Wildman–Crippen MR) is 110 cm³/mol. The summed E-state index contributed by atoms with van der Waals surface area (Å²) in [4.78, 5) is 0.